The first-order chi connectivity index (χ1) is 17.2. The number of carbonyl (C=O) groups is 6. The third-order valence-electron chi connectivity index (χ3n) is 4.77. The van der Waals surface area contributed by atoms with Crippen molar-refractivity contribution in [3.05, 3.63) is 22.3 Å². The van der Waals surface area contributed by atoms with Gasteiger partial charge in [0.15, 0.2) is 5.13 Å². The Kier molecular flexibility index (Phi) is 9.00. The lowest BCUT2D eigenvalue weighted by molar-refractivity contribution is -0.169. The van der Waals surface area contributed by atoms with Crippen molar-refractivity contribution >= 4 is 64.4 Å². The third-order valence-corrected chi connectivity index (χ3v) is 6.88. The summed E-state index contributed by atoms with van der Waals surface area (Å²) in [6, 6.07) is -1.09. The summed E-state index contributed by atoms with van der Waals surface area (Å²) < 4.78 is 19.8. The molecule has 1 aromatic heterocycles. The van der Waals surface area contributed by atoms with Gasteiger partial charge in [0.2, 0.25) is 12.7 Å². The first kappa shape index (κ1) is 27.1. The van der Waals surface area contributed by atoms with Crippen molar-refractivity contribution in [2.45, 2.75) is 31.6 Å². The van der Waals surface area contributed by atoms with Crippen molar-refractivity contribution in [3.63, 3.8) is 0 Å². The summed E-state index contributed by atoms with van der Waals surface area (Å²) in [6.07, 6.45) is -1.95. The molecular weight excluding hydrogens is 520 g/mol. The number of ketones is 1. The van der Waals surface area contributed by atoms with Gasteiger partial charge in [-0.2, -0.15) is 0 Å². The summed E-state index contributed by atoms with van der Waals surface area (Å²) in [7, 11) is 1.42. The van der Waals surface area contributed by atoms with Gasteiger partial charge in [-0.3, -0.25) is 24.1 Å². The Morgan fingerprint density at radius 3 is 2.72 bits per heavy atom. The minimum absolute atomic E-state index is 0.0253. The van der Waals surface area contributed by atoms with Gasteiger partial charge in [0.1, 0.15) is 22.8 Å². The summed E-state index contributed by atoms with van der Waals surface area (Å²) in [5, 5.41) is 5.39. The van der Waals surface area contributed by atoms with Crippen LogP contribution in [0.15, 0.2) is 16.7 Å². The van der Waals surface area contributed by atoms with E-state index >= 15 is 0 Å². The van der Waals surface area contributed by atoms with Gasteiger partial charge in [-0.25, -0.2) is 14.6 Å². The van der Waals surface area contributed by atoms with E-state index in [0.29, 0.717) is 12.0 Å². The molecule has 0 saturated carbocycles. The average Bonchev–Trinajstić information content (AvgIpc) is 3.30. The summed E-state index contributed by atoms with van der Waals surface area (Å²) in [5.74, 6) is -3.36. The molecule has 3 atom stereocenters. The summed E-state index contributed by atoms with van der Waals surface area (Å²) in [6.45, 7) is 2.98. The largest absolute Gasteiger partial charge is 0.511 e. The number of esters is 1. The fraction of sp³-hybridized carbons (Fsp3) is 0.450. The fourth-order valence-electron chi connectivity index (χ4n) is 3.29. The van der Waals surface area contributed by atoms with Crippen molar-refractivity contribution in [1.82, 2.24) is 15.2 Å². The van der Waals surface area contributed by atoms with Gasteiger partial charge >= 0.3 is 12.1 Å². The Hall–Kier alpha value is -3.50. The van der Waals surface area contributed by atoms with E-state index < -0.39 is 47.4 Å². The number of methoxy groups -OCH3 is 1. The Bertz CT molecular complexity index is 1100. The number of nitrogens with one attached hydrogen (secondary N) is 2. The molecular formula is C20H22N4O10S2. The van der Waals surface area contributed by atoms with Crippen LogP contribution in [0.3, 0.4) is 0 Å². The van der Waals surface area contributed by atoms with E-state index in [-0.39, 0.29) is 35.5 Å². The lowest BCUT2D eigenvalue weighted by Gasteiger charge is -2.49. The molecule has 3 amide bonds. The number of hydrogen-bond donors (Lipinski definition) is 2. The number of thiazole rings is 1. The van der Waals surface area contributed by atoms with E-state index in [1.165, 1.54) is 31.2 Å². The van der Waals surface area contributed by atoms with Gasteiger partial charge in [0.25, 0.3) is 17.6 Å². The number of ether oxygens (including phenoxy) is 4. The van der Waals surface area contributed by atoms with E-state index in [9.17, 15) is 28.8 Å². The predicted octanol–water partition coefficient (Wildman–Crippen LogP) is 0.257. The van der Waals surface area contributed by atoms with Crippen LogP contribution in [-0.4, -0.2) is 89.8 Å². The van der Waals surface area contributed by atoms with Crippen molar-refractivity contribution in [3.8, 4) is 0 Å². The molecule has 16 heteroatoms. The molecule has 0 spiro atoms. The van der Waals surface area contributed by atoms with Gasteiger partial charge in [-0.1, -0.05) is 0 Å². The van der Waals surface area contributed by atoms with Crippen molar-refractivity contribution in [1.29, 1.82) is 0 Å². The number of hydrogen-bond acceptors (Lipinski definition) is 13. The van der Waals surface area contributed by atoms with Crippen LogP contribution in [0.1, 0.15) is 24.3 Å². The number of β-lactam (4-membered cyclic amide) rings is 1. The zero-order valence-corrected chi connectivity index (χ0v) is 20.9. The predicted molar refractivity (Wildman–Crippen MR) is 124 cm³/mol. The normalized spacial score (nSPS) is 19.4. The van der Waals surface area contributed by atoms with Crippen LogP contribution in [0.5, 0.6) is 0 Å². The minimum atomic E-state index is -1.30. The molecule has 2 unspecified atom stereocenters. The van der Waals surface area contributed by atoms with E-state index in [4.69, 9.17) is 14.2 Å². The van der Waals surface area contributed by atoms with Gasteiger partial charge in [0, 0.05) is 25.2 Å². The lowest BCUT2D eigenvalue weighted by Crippen LogP contribution is -2.71. The summed E-state index contributed by atoms with van der Waals surface area (Å²) >= 11 is 2.21. The molecule has 194 valence electrons. The fourth-order valence-corrected chi connectivity index (χ4v) is 5.27. The van der Waals surface area contributed by atoms with Crippen LogP contribution in [0.4, 0.5) is 9.93 Å². The molecule has 0 aromatic carbocycles. The summed E-state index contributed by atoms with van der Waals surface area (Å²) in [5.41, 5.74) is 0.175. The Labute approximate surface area is 212 Å². The third kappa shape index (κ3) is 5.83. The SMILES string of the molecule is CCOC(=O)OC(C)OC(=O)C1=C(COC)CS[C@H]2C(NC(=O)C(=O)c3csc(NC=O)n3)C(=O)N12. The molecule has 1 fully saturated rings. The van der Waals surface area contributed by atoms with Crippen molar-refractivity contribution < 1.29 is 47.7 Å². The Morgan fingerprint density at radius 2 is 2.06 bits per heavy atom. The summed E-state index contributed by atoms with van der Waals surface area (Å²) in [4.78, 5) is 77.6. The molecule has 1 aromatic rings. The first-order valence-corrected chi connectivity index (χ1v) is 12.4. The second kappa shape index (κ2) is 12.0. The Morgan fingerprint density at radius 1 is 1.31 bits per heavy atom. The lowest BCUT2D eigenvalue weighted by atomic mass is 10.0. The zero-order chi connectivity index (χ0) is 26.4. The molecule has 2 aliphatic rings. The minimum Gasteiger partial charge on any atom is -0.435 e. The molecule has 2 N–H and O–H groups in total. The number of rotatable bonds is 11. The van der Waals surface area contributed by atoms with Crippen LogP contribution < -0.4 is 10.6 Å². The van der Waals surface area contributed by atoms with Gasteiger partial charge in [-0.15, -0.1) is 23.1 Å². The molecule has 14 nitrogen and oxygen atoms in total. The number of amides is 3. The highest BCUT2D eigenvalue weighted by molar-refractivity contribution is 8.00. The highest BCUT2D eigenvalue weighted by Crippen LogP contribution is 2.40. The van der Waals surface area contributed by atoms with Crippen molar-refractivity contribution in [2.75, 3.05) is 31.4 Å². The van der Waals surface area contributed by atoms with E-state index in [2.05, 4.69) is 20.4 Å². The number of anilines is 1. The maximum Gasteiger partial charge on any atom is 0.511 e. The molecule has 36 heavy (non-hydrogen) atoms. The quantitative estimate of drug-likeness (QED) is 0.0974. The van der Waals surface area contributed by atoms with Crippen LogP contribution in [0.2, 0.25) is 0 Å². The second-order valence-corrected chi connectivity index (χ2v) is 9.11. The van der Waals surface area contributed by atoms with Gasteiger partial charge < -0.3 is 29.6 Å². The van der Waals surface area contributed by atoms with Gasteiger partial charge in [0.05, 0.1) is 13.2 Å². The smallest absolute Gasteiger partial charge is 0.435 e. The molecule has 0 aliphatic carbocycles. The highest BCUT2D eigenvalue weighted by Gasteiger charge is 2.55. The molecule has 3 rings (SSSR count). The van der Waals surface area contributed by atoms with Crippen LogP contribution in [0.25, 0.3) is 0 Å². The average molecular weight is 543 g/mol. The number of Topliss-reactive ketones (excluding diaryl/α,β-unsaturated/α-hetero) is 1. The van der Waals surface area contributed by atoms with Crippen LogP contribution in [-0.2, 0) is 38.1 Å². The van der Waals surface area contributed by atoms with E-state index in [1.807, 2.05) is 0 Å². The van der Waals surface area contributed by atoms with E-state index in [1.54, 1.807) is 6.92 Å². The number of carbonyl (C=O) groups excluding carboxylic acids is 6. The maximum absolute atomic E-state index is 12.9. The zero-order valence-electron chi connectivity index (χ0n) is 19.3. The topological polar surface area (TPSA) is 180 Å². The van der Waals surface area contributed by atoms with Crippen LogP contribution in [0, 0.1) is 0 Å². The maximum atomic E-state index is 12.9. The number of fused-ring (bicyclic) bond motifs is 1. The highest BCUT2D eigenvalue weighted by atomic mass is 32.2. The first-order valence-electron chi connectivity index (χ1n) is 10.4. The Balaban J connectivity index is 1.70. The van der Waals surface area contributed by atoms with Crippen LogP contribution >= 0.6 is 23.1 Å². The molecule has 2 aliphatic heterocycles. The molecule has 0 bridgehead atoms. The van der Waals surface area contributed by atoms with E-state index in [0.717, 1.165) is 16.2 Å². The number of thioether (sulfide) groups is 1. The molecule has 1 saturated heterocycles. The van der Waals surface area contributed by atoms with Crippen molar-refractivity contribution in [2.24, 2.45) is 0 Å². The molecule has 0 radical (unpaired) electrons. The second-order valence-electron chi connectivity index (χ2n) is 7.15. The number of nitrogens with zero attached hydrogens (tertiary/aromatic N) is 2. The number of aromatic nitrogens is 1. The standard InChI is InChI=1S/C20H22N4O10S2/c1-4-32-20(30)34-9(2)33-18(29)13-10(5-31-3)6-35-17-12(16(28)24(13)17)23-15(27)14(26)11-7-36-19(22-11)21-8-25/h7-9,12,17H,4-6H2,1-3H3,(H,23,27)(H,21,22,25)/t9?,12?,17-/m0/s1. The van der Waals surface area contributed by atoms with Gasteiger partial charge in [-0.05, 0) is 12.5 Å². The monoisotopic (exact) mass is 542 g/mol. The molecule has 3 heterocycles.